The number of nitrogens with zero attached hydrogens (tertiary/aromatic N) is 4. The average Bonchev–Trinajstić information content (AvgIpc) is 3.92. The normalized spacial score (nSPS) is 20.2. The highest BCUT2D eigenvalue weighted by Gasteiger charge is 2.52. The summed E-state index contributed by atoms with van der Waals surface area (Å²) >= 11 is 0. The summed E-state index contributed by atoms with van der Waals surface area (Å²) in [6, 6.07) is 23.8. The van der Waals surface area contributed by atoms with Gasteiger partial charge in [0.25, 0.3) is 11.8 Å². The summed E-state index contributed by atoms with van der Waals surface area (Å²) in [5, 5.41) is 15.8. The van der Waals surface area contributed by atoms with E-state index in [9.17, 15) is 41.0 Å². The molecule has 356 valence electrons. The quantitative estimate of drug-likeness (QED) is 0.0584. The zero-order valence-electron chi connectivity index (χ0n) is 37.6. The number of carbonyl (C=O) groups excluding carboxylic acids is 2. The molecule has 2 amide bonds. The summed E-state index contributed by atoms with van der Waals surface area (Å²) in [6.45, 7) is 6.81. The minimum Gasteiger partial charge on any atom is -0.397 e. The maximum atomic E-state index is 13.9. The van der Waals surface area contributed by atoms with Gasteiger partial charge in [0.1, 0.15) is 13.1 Å². The maximum Gasteiger partial charge on any atom is 0.405 e. The number of hydrogen-bond donors (Lipinski definition) is 5. The van der Waals surface area contributed by atoms with E-state index in [0.29, 0.717) is 105 Å². The van der Waals surface area contributed by atoms with Gasteiger partial charge in [-0.1, -0.05) is 31.2 Å². The number of likely N-dealkylation sites (tertiary alicyclic amines) is 2. The Hall–Kier alpha value is -5.52. The number of β-amino-alcohol motifs (C(OH)–C–C–N with tert-alkyl or cyclic N) is 1. The number of halogens is 6. The molecule has 4 aromatic carbocycles. The van der Waals surface area contributed by atoms with E-state index in [1.165, 1.54) is 34.1 Å². The van der Waals surface area contributed by atoms with Crippen LogP contribution in [0.15, 0.2) is 91.0 Å². The van der Waals surface area contributed by atoms with Gasteiger partial charge in [0.05, 0.1) is 28.4 Å². The Kier molecular flexibility index (Phi) is 14.2. The van der Waals surface area contributed by atoms with Crippen molar-refractivity contribution in [1.82, 2.24) is 9.80 Å². The van der Waals surface area contributed by atoms with Crippen LogP contribution < -0.4 is 31.9 Å². The summed E-state index contributed by atoms with van der Waals surface area (Å²) in [5.74, 6) is -0.790. The van der Waals surface area contributed by atoms with Crippen LogP contribution in [0.2, 0.25) is 0 Å². The molecule has 0 spiro atoms. The van der Waals surface area contributed by atoms with Gasteiger partial charge in [-0.25, -0.2) is 0 Å². The highest BCUT2D eigenvalue weighted by Crippen LogP contribution is 2.61. The van der Waals surface area contributed by atoms with Crippen LogP contribution in [0.1, 0.15) is 85.1 Å². The van der Waals surface area contributed by atoms with Crippen LogP contribution in [0, 0.1) is 5.41 Å². The number of nitrogens with one attached hydrogen (secondary N) is 2. The monoisotopic (exact) mass is 922 g/mol. The Balaban J connectivity index is 0.939. The molecule has 1 saturated carbocycles. The fourth-order valence-corrected chi connectivity index (χ4v) is 9.76. The lowest BCUT2D eigenvalue weighted by atomic mass is 9.96. The summed E-state index contributed by atoms with van der Waals surface area (Å²) in [5.41, 5.74) is 15.5. The molecule has 7 N–H and O–H groups in total. The number of amides is 2. The minimum atomic E-state index is -4.44. The van der Waals surface area contributed by atoms with E-state index in [-0.39, 0.29) is 29.0 Å². The lowest BCUT2D eigenvalue weighted by molar-refractivity contribution is -0.122. The van der Waals surface area contributed by atoms with E-state index in [0.717, 1.165) is 12.0 Å². The van der Waals surface area contributed by atoms with Gasteiger partial charge in [0.2, 0.25) is 0 Å². The Morgan fingerprint density at radius 1 is 0.682 bits per heavy atom. The molecule has 0 radical (unpaired) electrons. The molecular weight excluding hydrogens is 863 g/mol. The number of nitrogens with two attached hydrogens (primary N) is 2. The molecule has 2 saturated heterocycles. The van der Waals surface area contributed by atoms with Crippen molar-refractivity contribution in [1.29, 1.82) is 0 Å². The van der Waals surface area contributed by atoms with Crippen LogP contribution in [0.5, 0.6) is 0 Å². The fraction of sp³-hybridized carbons (Fsp3) is 0.469. The zero-order chi connectivity index (χ0) is 47.6. The van der Waals surface area contributed by atoms with Gasteiger partial charge in [-0.3, -0.25) is 9.59 Å². The highest BCUT2D eigenvalue weighted by molar-refractivity contribution is 6.06. The molecule has 0 bridgehead atoms. The second-order valence-corrected chi connectivity index (χ2v) is 19.1. The number of nitrogen functional groups attached to an aromatic ring is 2. The van der Waals surface area contributed by atoms with Crippen LogP contribution in [0.3, 0.4) is 0 Å². The van der Waals surface area contributed by atoms with E-state index in [1.54, 1.807) is 68.4 Å². The molecule has 2 atom stereocenters. The van der Waals surface area contributed by atoms with Crippen molar-refractivity contribution >= 4 is 45.9 Å². The first kappa shape index (κ1) is 48.4. The molecule has 17 heteroatoms. The maximum absolute atomic E-state index is 13.9. The van der Waals surface area contributed by atoms with Crippen molar-refractivity contribution in [2.24, 2.45) is 5.41 Å². The average molecular weight is 923 g/mol. The van der Waals surface area contributed by atoms with Gasteiger partial charge < -0.3 is 46.8 Å². The van der Waals surface area contributed by atoms with Gasteiger partial charge in [0.15, 0.2) is 0 Å². The first-order valence-corrected chi connectivity index (χ1v) is 22.4. The third kappa shape index (κ3) is 12.5. The van der Waals surface area contributed by atoms with Crippen molar-refractivity contribution in [3.8, 4) is 0 Å². The number of rotatable bonds is 15. The van der Waals surface area contributed by atoms with Crippen molar-refractivity contribution in [2.45, 2.75) is 88.8 Å². The minimum absolute atomic E-state index is 0.0868. The number of benzene rings is 4. The van der Waals surface area contributed by atoms with Crippen LogP contribution in [0.25, 0.3) is 0 Å². The molecule has 4 aromatic rings. The molecule has 2 aliphatic heterocycles. The first-order valence-electron chi connectivity index (χ1n) is 22.4. The molecular formula is C49H60F6N8O3. The second kappa shape index (κ2) is 19.4. The second-order valence-electron chi connectivity index (χ2n) is 19.1. The van der Waals surface area contributed by atoms with Gasteiger partial charge in [-0.15, -0.1) is 0 Å². The molecule has 3 aliphatic rings. The standard InChI is InChI=1S/C49H60F6N8O3/c1-46(2,66)28-60-23-19-36(20-24-60)62(30-48(50,51)52)35-17-13-33(14-18-35)45(65)59-42-10-6-7-38(43(42)57)39-27-47(39,3)29-61-25-21-37(22-26-61)63(31-49(53,54)55)34-15-11-32(12-16-34)44(64)58-41-9-5-4-8-40(41)56/h4-18,36-37,39,66H,19-31,56-57H2,1-3H3,(H,58,64)(H,59,65). The number of para-hydroxylation sites is 3. The van der Waals surface area contributed by atoms with Crippen LogP contribution in [-0.2, 0) is 0 Å². The lowest BCUT2D eigenvalue weighted by Crippen LogP contribution is -2.50. The summed E-state index contributed by atoms with van der Waals surface area (Å²) in [7, 11) is 0. The number of hydrogen-bond acceptors (Lipinski definition) is 9. The smallest absolute Gasteiger partial charge is 0.397 e. The Morgan fingerprint density at radius 2 is 1.14 bits per heavy atom. The predicted molar refractivity (Wildman–Crippen MR) is 248 cm³/mol. The highest BCUT2D eigenvalue weighted by atomic mass is 19.4. The Bertz CT molecular complexity index is 2300. The van der Waals surface area contributed by atoms with E-state index < -0.39 is 42.9 Å². The molecule has 2 unspecified atom stereocenters. The summed E-state index contributed by atoms with van der Waals surface area (Å²) < 4.78 is 83.3. The first-order chi connectivity index (χ1) is 31.0. The van der Waals surface area contributed by atoms with Crippen LogP contribution >= 0.6 is 0 Å². The van der Waals surface area contributed by atoms with Crippen molar-refractivity contribution in [2.75, 3.05) is 84.3 Å². The van der Waals surface area contributed by atoms with Crippen molar-refractivity contribution in [3.05, 3.63) is 108 Å². The van der Waals surface area contributed by atoms with Gasteiger partial charge >= 0.3 is 12.4 Å². The molecule has 3 fully saturated rings. The molecule has 0 aromatic heterocycles. The Labute approximate surface area is 382 Å². The Morgan fingerprint density at radius 3 is 1.61 bits per heavy atom. The molecule has 7 rings (SSSR count). The predicted octanol–water partition coefficient (Wildman–Crippen LogP) is 8.99. The molecule has 66 heavy (non-hydrogen) atoms. The molecule has 2 heterocycles. The van der Waals surface area contributed by atoms with Crippen molar-refractivity contribution < 1.29 is 41.0 Å². The lowest BCUT2D eigenvalue weighted by Gasteiger charge is -2.41. The third-order valence-electron chi connectivity index (χ3n) is 13.1. The fourth-order valence-electron chi connectivity index (χ4n) is 9.76. The van der Waals surface area contributed by atoms with E-state index in [2.05, 4.69) is 27.4 Å². The number of piperidine rings is 2. The van der Waals surface area contributed by atoms with Crippen LogP contribution in [0.4, 0.5) is 60.5 Å². The van der Waals surface area contributed by atoms with E-state index >= 15 is 0 Å². The van der Waals surface area contributed by atoms with Crippen molar-refractivity contribution in [3.63, 3.8) is 0 Å². The van der Waals surface area contributed by atoms with E-state index in [1.807, 2.05) is 12.1 Å². The number of anilines is 6. The molecule has 1 aliphatic carbocycles. The summed E-state index contributed by atoms with van der Waals surface area (Å²) in [6.07, 6.45) is -6.01. The van der Waals surface area contributed by atoms with Gasteiger partial charge in [-0.05, 0) is 130 Å². The topological polar surface area (TPSA) is 143 Å². The number of carbonyl (C=O) groups is 2. The molecule has 11 nitrogen and oxygen atoms in total. The SMILES string of the molecule is CC(C)(O)CN1CCC(N(CC(F)(F)F)c2ccc(C(=O)Nc3cccc(C4CC4(C)CN4CCC(N(CC(F)(F)F)c5ccc(C(=O)Nc6ccccc6N)cc5)CC4)c3N)cc2)CC1. The summed E-state index contributed by atoms with van der Waals surface area (Å²) in [4.78, 5) is 33.5. The van der Waals surface area contributed by atoms with Crippen LogP contribution in [-0.4, -0.2) is 109 Å². The largest absolute Gasteiger partial charge is 0.405 e. The number of alkyl halides is 6. The third-order valence-corrected chi connectivity index (χ3v) is 13.1. The number of aliphatic hydroxyl groups is 1. The van der Waals surface area contributed by atoms with Gasteiger partial charge in [0, 0.05) is 73.9 Å². The zero-order valence-corrected chi connectivity index (χ0v) is 37.6. The van der Waals surface area contributed by atoms with Gasteiger partial charge in [-0.2, -0.15) is 26.3 Å². The van der Waals surface area contributed by atoms with E-state index in [4.69, 9.17) is 11.5 Å².